The number of aliphatic hydroxyl groups is 1. The summed E-state index contributed by atoms with van der Waals surface area (Å²) in [5.41, 5.74) is 2.54. The Morgan fingerprint density at radius 2 is 1.94 bits per heavy atom. The quantitative estimate of drug-likeness (QED) is 0.902. The van der Waals surface area contributed by atoms with Crippen LogP contribution in [-0.2, 0) is 13.2 Å². The van der Waals surface area contributed by atoms with Crippen LogP contribution < -0.4 is 5.32 Å². The van der Waals surface area contributed by atoms with Gasteiger partial charge in [0.15, 0.2) is 0 Å². The second kappa shape index (κ2) is 5.98. The molecule has 0 amide bonds. The molecule has 0 unspecified atom stereocenters. The van der Waals surface area contributed by atoms with Gasteiger partial charge in [0, 0.05) is 17.8 Å². The summed E-state index contributed by atoms with van der Waals surface area (Å²) in [6.45, 7) is 0.499. The first kappa shape index (κ1) is 13.1. The maximum Gasteiger partial charge on any atom is 0.137 e. The lowest BCUT2D eigenvalue weighted by Gasteiger charge is -2.10. The molecule has 0 aliphatic rings. The number of hydrogen-bond acceptors (Lipinski definition) is 2. The highest BCUT2D eigenvalue weighted by Gasteiger charge is 2.02. The molecule has 0 atom stereocenters. The molecule has 0 bridgehead atoms. The van der Waals surface area contributed by atoms with Gasteiger partial charge in [0.2, 0.25) is 0 Å². The summed E-state index contributed by atoms with van der Waals surface area (Å²) in [6.07, 6.45) is 0. The van der Waals surface area contributed by atoms with Crippen molar-refractivity contribution in [2.45, 2.75) is 13.2 Å². The minimum absolute atomic E-state index is 0.0160. The number of halogens is 2. The molecule has 0 aromatic heterocycles. The van der Waals surface area contributed by atoms with Gasteiger partial charge in [-0.1, -0.05) is 24.3 Å². The maximum absolute atomic E-state index is 13.3. The summed E-state index contributed by atoms with van der Waals surface area (Å²) >= 11 is 3.12. The van der Waals surface area contributed by atoms with Crippen LogP contribution in [-0.4, -0.2) is 5.11 Å². The van der Waals surface area contributed by atoms with Crippen LogP contribution in [0.3, 0.4) is 0 Å². The molecule has 0 radical (unpaired) electrons. The Hall–Kier alpha value is -1.39. The third-order valence-electron chi connectivity index (χ3n) is 2.65. The molecular weight excluding hydrogens is 297 g/mol. The molecule has 0 saturated heterocycles. The van der Waals surface area contributed by atoms with Crippen LogP contribution in [0.2, 0.25) is 0 Å². The molecule has 2 nitrogen and oxygen atoms in total. The van der Waals surface area contributed by atoms with E-state index >= 15 is 0 Å². The smallest absolute Gasteiger partial charge is 0.137 e. The number of para-hydroxylation sites is 1. The fraction of sp³-hybridized carbons (Fsp3) is 0.143. The standard InChI is InChI=1S/C14H13BrFNO/c15-12-6-5-10(7-13(12)16)8-17-14-4-2-1-3-11(14)9-18/h1-7,17-18H,8-9H2. The predicted molar refractivity (Wildman–Crippen MR) is 73.8 cm³/mol. The average Bonchev–Trinajstić information content (AvgIpc) is 2.40. The molecule has 2 N–H and O–H groups in total. The minimum atomic E-state index is -0.273. The zero-order chi connectivity index (χ0) is 13.0. The van der Waals surface area contributed by atoms with Crippen molar-refractivity contribution in [1.82, 2.24) is 0 Å². The molecule has 2 rings (SSSR count). The molecule has 0 aliphatic carbocycles. The first-order chi connectivity index (χ1) is 8.70. The molecule has 4 heteroatoms. The van der Waals surface area contributed by atoms with E-state index in [-0.39, 0.29) is 12.4 Å². The Bertz CT molecular complexity index is 545. The fourth-order valence-corrected chi connectivity index (χ4v) is 1.92. The normalized spacial score (nSPS) is 10.4. The highest BCUT2D eigenvalue weighted by Crippen LogP contribution is 2.19. The molecule has 0 heterocycles. The summed E-state index contributed by atoms with van der Waals surface area (Å²) in [5, 5.41) is 12.4. The van der Waals surface area contributed by atoms with Crippen molar-refractivity contribution in [3.8, 4) is 0 Å². The second-order valence-electron chi connectivity index (χ2n) is 3.92. The number of benzene rings is 2. The molecule has 18 heavy (non-hydrogen) atoms. The van der Waals surface area contributed by atoms with Gasteiger partial charge < -0.3 is 10.4 Å². The van der Waals surface area contributed by atoms with Gasteiger partial charge in [-0.15, -0.1) is 0 Å². The van der Waals surface area contributed by atoms with E-state index in [9.17, 15) is 9.50 Å². The van der Waals surface area contributed by atoms with Crippen LogP contribution in [0.15, 0.2) is 46.9 Å². The van der Waals surface area contributed by atoms with Gasteiger partial charge in [-0.2, -0.15) is 0 Å². The topological polar surface area (TPSA) is 32.3 Å². The van der Waals surface area contributed by atoms with Crippen molar-refractivity contribution >= 4 is 21.6 Å². The number of nitrogens with one attached hydrogen (secondary N) is 1. The molecule has 0 aliphatic heterocycles. The van der Waals surface area contributed by atoms with Crippen molar-refractivity contribution in [2.24, 2.45) is 0 Å². The van der Waals surface area contributed by atoms with E-state index in [2.05, 4.69) is 21.2 Å². The first-order valence-electron chi connectivity index (χ1n) is 5.57. The van der Waals surface area contributed by atoms with Crippen molar-refractivity contribution in [3.63, 3.8) is 0 Å². The molecule has 0 spiro atoms. The zero-order valence-electron chi connectivity index (χ0n) is 9.66. The summed E-state index contributed by atoms with van der Waals surface area (Å²) in [6, 6.07) is 12.5. The van der Waals surface area contributed by atoms with E-state index in [0.29, 0.717) is 11.0 Å². The van der Waals surface area contributed by atoms with E-state index in [0.717, 1.165) is 16.8 Å². The Kier molecular flexibility index (Phi) is 4.33. The number of hydrogen-bond donors (Lipinski definition) is 2. The highest BCUT2D eigenvalue weighted by atomic mass is 79.9. The van der Waals surface area contributed by atoms with Gasteiger partial charge in [0.1, 0.15) is 5.82 Å². The first-order valence-corrected chi connectivity index (χ1v) is 6.36. The van der Waals surface area contributed by atoms with Gasteiger partial charge in [-0.3, -0.25) is 0 Å². The zero-order valence-corrected chi connectivity index (χ0v) is 11.2. The summed E-state index contributed by atoms with van der Waals surface area (Å²) < 4.78 is 13.8. The van der Waals surface area contributed by atoms with Crippen molar-refractivity contribution in [2.75, 3.05) is 5.32 Å². The van der Waals surface area contributed by atoms with Crippen molar-refractivity contribution in [3.05, 3.63) is 63.9 Å². The molecule has 94 valence electrons. The monoisotopic (exact) mass is 309 g/mol. The van der Waals surface area contributed by atoms with Gasteiger partial charge in [-0.25, -0.2) is 4.39 Å². The fourth-order valence-electron chi connectivity index (χ4n) is 1.68. The summed E-state index contributed by atoms with van der Waals surface area (Å²) in [5.74, 6) is -0.273. The Balaban J connectivity index is 2.09. The third-order valence-corrected chi connectivity index (χ3v) is 3.30. The van der Waals surface area contributed by atoms with Crippen LogP contribution in [0.1, 0.15) is 11.1 Å². The van der Waals surface area contributed by atoms with Crippen LogP contribution in [0.4, 0.5) is 10.1 Å². The maximum atomic E-state index is 13.3. The number of rotatable bonds is 4. The second-order valence-corrected chi connectivity index (χ2v) is 4.77. The van der Waals surface area contributed by atoms with E-state index in [1.165, 1.54) is 6.07 Å². The molecule has 2 aromatic carbocycles. The highest BCUT2D eigenvalue weighted by molar-refractivity contribution is 9.10. The molecule has 0 fully saturated rings. The Labute approximate surface area is 114 Å². The average molecular weight is 310 g/mol. The van der Waals surface area contributed by atoms with Crippen molar-refractivity contribution in [1.29, 1.82) is 0 Å². The van der Waals surface area contributed by atoms with E-state index < -0.39 is 0 Å². The third kappa shape index (κ3) is 3.09. The molecule has 2 aromatic rings. The van der Waals surface area contributed by atoms with Crippen LogP contribution in [0.25, 0.3) is 0 Å². The molecular formula is C14H13BrFNO. The largest absolute Gasteiger partial charge is 0.392 e. The Morgan fingerprint density at radius 3 is 2.67 bits per heavy atom. The SMILES string of the molecule is OCc1ccccc1NCc1ccc(Br)c(F)c1. The van der Waals surface area contributed by atoms with E-state index in [1.807, 2.05) is 30.3 Å². The lowest BCUT2D eigenvalue weighted by molar-refractivity contribution is 0.282. The number of anilines is 1. The van der Waals surface area contributed by atoms with Gasteiger partial charge in [0.25, 0.3) is 0 Å². The predicted octanol–water partition coefficient (Wildman–Crippen LogP) is 3.69. The van der Waals surface area contributed by atoms with Crippen LogP contribution >= 0.6 is 15.9 Å². The molecule has 0 saturated carbocycles. The van der Waals surface area contributed by atoms with Crippen molar-refractivity contribution < 1.29 is 9.50 Å². The van der Waals surface area contributed by atoms with Gasteiger partial charge in [0.05, 0.1) is 11.1 Å². The van der Waals surface area contributed by atoms with Crippen LogP contribution in [0, 0.1) is 5.82 Å². The summed E-state index contributed by atoms with van der Waals surface area (Å²) in [4.78, 5) is 0. The minimum Gasteiger partial charge on any atom is -0.392 e. The lowest BCUT2D eigenvalue weighted by Crippen LogP contribution is -2.02. The lowest BCUT2D eigenvalue weighted by atomic mass is 10.1. The number of aliphatic hydroxyl groups excluding tert-OH is 1. The van der Waals surface area contributed by atoms with E-state index in [1.54, 1.807) is 6.07 Å². The summed E-state index contributed by atoms with van der Waals surface area (Å²) in [7, 11) is 0. The van der Waals surface area contributed by atoms with Gasteiger partial charge >= 0.3 is 0 Å². The Morgan fingerprint density at radius 1 is 1.17 bits per heavy atom. The van der Waals surface area contributed by atoms with Gasteiger partial charge in [-0.05, 0) is 39.7 Å². The van der Waals surface area contributed by atoms with Crippen LogP contribution in [0.5, 0.6) is 0 Å². The van der Waals surface area contributed by atoms with E-state index in [4.69, 9.17) is 0 Å².